The Kier molecular flexibility index (Phi) is 2.95. The summed E-state index contributed by atoms with van der Waals surface area (Å²) in [5.41, 5.74) is 1.77. The van der Waals surface area contributed by atoms with E-state index in [4.69, 9.17) is 0 Å². The number of phenols is 1. The summed E-state index contributed by atoms with van der Waals surface area (Å²) in [7, 11) is 0. The molecule has 96 valence electrons. The lowest BCUT2D eigenvalue weighted by Crippen LogP contribution is -2.26. The lowest BCUT2D eigenvalue weighted by molar-refractivity contribution is 0.0950. The van der Waals surface area contributed by atoms with Crippen molar-refractivity contribution < 1.29 is 9.90 Å². The van der Waals surface area contributed by atoms with Crippen molar-refractivity contribution in [1.29, 1.82) is 0 Å². The number of amides is 1. The topological polar surface area (TPSA) is 49.3 Å². The molecule has 2 aromatic rings. The van der Waals surface area contributed by atoms with Gasteiger partial charge in [-0.25, -0.2) is 0 Å². The molecule has 3 nitrogen and oxygen atoms in total. The van der Waals surface area contributed by atoms with Gasteiger partial charge in [-0.1, -0.05) is 36.4 Å². The van der Waals surface area contributed by atoms with Crippen molar-refractivity contribution in [3.05, 3.63) is 65.7 Å². The monoisotopic (exact) mass is 253 g/mol. The van der Waals surface area contributed by atoms with Crippen LogP contribution in [0.25, 0.3) is 0 Å². The summed E-state index contributed by atoms with van der Waals surface area (Å²) in [4.78, 5) is 12.0. The third-order valence-electron chi connectivity index (χ3n) is 3.44. The molecule has 3 heteroatoms. The minimum absolute atomic E-state index is 0.114. The Morgan fingerprint density at radius 2 is 1.89 bits per heavy atom. The fourth-order valence-corrected chi connectivity index (χ4v) is 2.32. The Balaban J connectivity index is 1.64. The van der Waals surface area contributed by atoms with Gasteiger partial charge >= 0.3 is 0 Å². The Bertz CT molecular complexity index is 595. The molecule has 0 radical (unpaired) electrons. The lowest BCUT2D eigenvalue weighted by Gasteiger charge is -2.05. The molecule has 1 aliphatic carbocycles. The van der Waals surface area contributed by atoms with Crippen LogP contribution < -0.4 is 5.32 Å². The first kappa shape index (κ1) is 11.8. The summed E-state index contributed by atoms with van der Waals surface area (Å²) in [6, 6.07) is 16.8. The van der Waals surface area contributed by atoms with Gasteiger partial charge in [0.25, 0.3) is 5.91 Å². The van der Waals surface area contributed by atoms with Gasteiger partial charge in [-0.15, -0.1) is 0 Å². The molecule has 0 saturated heterocycles. The molecule has 1 amide bonds. The normalized spacial score (nSPS) is 20.8. The summed E-state index contributed by atoms with van der Waals surface area (Å²) in [5.74, 6) is 0.407. The van der Waals surface area contributed by atoms with Gasteiger partial charge in [-0.3, -0.25) is 4.79 Å². The highest BCUT2D eigenvalue weighted by molar-refractivity contribution is 5.95. The van der Waals surface area contributed by atoms with Gasteiger partial charge in [0, 0.05) is 17.5 Å². The van der Waals surface area contributed by atoms with Crippen LogP contribution in [-0.4, -0.2) is 17.1 Å². The Labute approximate surface area is 111 Å². The zero-order valence-electron chi connectivity index (χ0n) is 10.4. The summed E-state index contributed by atoms with van der Waals surface area (Å²) >= 11 is 0. The highest BCUT2D eigenvalue weighted by atomic mass is 16.3. The number of aromatic hydroxyl groups is 1. The van der Waals surface area contributed by atoms with E-state index in [1.807, 2.05) is 18.2 Å². The van der Waals surface area contributed by atoms with E-state index in [1.54, 1.807) is 18.2 Å². The largest absolute Gasteiger partial charge is 0.508 e. The SMILES string of the molecule is O=C(NC1CC1c1ccccc1)c1cccc(O)c1. The van der Waals surface area contributed by atoms with Crippen LogP contribution in [0.3, 0.4) is 0 Å². The quantitative estimate of drug-likeness (QED) is 0.883. The maximum atomic E-state index is 12.0. The number of nitrogens with one attached hydrogen (secondary N) is 1. The van der Waals surface area contributed by atoms with E-state index >= 15 is 0 Å². The van der Waals surface area contributed by atoms with E-state index < -0.39 is 0 Å². The van der Waals surface area contributed by atoms with Crippen molar-refractivity contribution in [3.8, 4) is 5.75 Å². The average molecular weight is 253 g/mol. The zero-order chi connectivity index (χ0) is 13.2. The predicted octanol–water partition coefficient (Wildman–Crippen LogP) is 2.68. The van der Waals surface area contributed by atoms with Gasteiger partial charge in [0.15, 0.2) is 0 Å². The van der Waals surface area contributed by atoms with E-state index in [9.17, 15) is 9.90 Å². The molecule has 0 heterocycles. The molecule has 0 aliphatic heterocycles. The molecule has 1 saturated carbocycles. The number of hydrogen-bond donors (Lipinski definition) is 2. The minimum atomic E-state index is -0.126. The number of carbonyl (C=O) groups is 1. The van der Waals surface area contributed by atoms with Crippen LogP contribution in [0.1, 0.15) is 28.3 Å². The second-order valence-corrected chi connectivity index (χ2v) is 4.88. The van der Waals surface area contributed by atoms with E-state index in [0.717, 1.165) is 6.42 Å². The summed E-state index contributed by atoms with van der Waals surface area (Å²) < 4.78 is 0. The fourth-order valence-electron chi connectivity index (χ4n) is 2.32. The van der Waals surface area contributed by atoms with E-state index in [2.05, 4.69) is 17.4 Å². The van der Waals surface area contributed by atoms with E-state index in [-0.39, 0.29) is 17.7 Å². The van der Waals surface area contributed by atoms with Crippen molar-refractivity contribution in [2.45, 2.75) is 18.4 Å². The Hall–Kier alpha value is -2.29. The van der Waals surface area contributed by atoms with Crippen molar-refractivity contribution in [3.63, 3.8) is 0 Å². The van der Waals surface area contributed by atoms with Crippen LogP contribution in [0.5, 0.6) is 5.75 Å². The molecule has 2 N–H and O–H groups in total. The molecular weight excluding hydrogens is 238 g/mol. The van der Waals surface area contributed by atoms with Gasteiger partial charge in [-0.05, 0) is 30.2 Å². The lowest BCUT2D eigenvalue weighted by atomic mass is 10.1. The molecule has 2 aromatic carbocycles. The molecular formula is C16H15NO2. The summed E-state index contributed by atoms with van der Waals surface area (Å²) in [6.07, 6.45) is 0.981. The Morgan fingerprint density at radius 3 is 2.63 bits per heavy atom. The van der Waals surface area contributed by atoms with Crippen LogP contribution in [-0.2, 0) is 0 Å². The smallest absolute Gasteiger partial charge is 0.251 e. The van der Waals surface area contributed by atoms with Crippen molar-refractivity contribution in [2.75, 3.05) is 0 Å². The van der Waals surface area contributed by atoms with E-state index in [0.29, 0.717) is 11.5 Å². The number of rotatable bonds is 3. The highest BCUT2D eigenvalue weighted by Crippen LogP contribution is 2.40. The van der Waals surface area contributed by atoms with Crippen molar-refractivity contribution >= 4 is 5.91 Å². The molecule has 2 unspecified atom stereocenters. The van der Waals surface area contributed by atoms with Gasteiger partial charge in [0.05, 0.1) is 0 Å². The highest BCUT2D eigenvalue weighted by Gasteiger charge is 2.39. The van der Waals surface area contributed by atoms with Gasteiger partial charge < -0.3 is 10.4 Å². The number of phenolic OH excluding ortho intramolecular Hbond substituents is 1. The summed E-state index contributed by atoms with van der Waals surface area (Å²) in [5, 5.41) is 12.4. The average Bonchev–Trinajstić information content (AvgIpc) is 3.19. The van der Waals surface area contributed by atoms with E-state index in [1.165, 1.54) is 11.6 Å². The maximum Gasteiger partial charge on any atom is 0.251 e. The number of hydrogen-bond acceptors (Lipinski definition) is 2. The molecule has 0 aromatic heterocycles. The third kappa shape index (κ3) is 2.60. The molecule has 3 rings (SSSR count). The maximum absolute atomic E-state index is 12.0. The third-order valence-corrected chi connectivity index (χ3v) is 3.44. The van der Waals surface area contributed by atoms with Crippen molar-refractivity contribution in [1.82, 2.24) is 5.32 Å². The van der Waals surface area contributed by atoms with Crippen LogP contribution in [0.15, 0.2) is 54.6 Å². The van der Waals surface area contributed by atoms with Gasteiger partial charge in [-0.2, -0.15) is 0 Å². The molecule has 1 aliphatic rings. The van der Waals surface area contributed by atoms with Crippen LogP contribution in [0, 0.1) is 0 Å². The zero-order valence-corrected chi connectivity index (χ0v) is 10.4. The number of carbonyl (C=O) groups excluding carboxylic acids is 1. The molecule has 1 fully saturated rings. The van der Waals surface area contributed by atoms with Crippen LogP contribution >= 0.6 is 0 Å². The number of benzene rings is 2. The van der Waals surface area contributed by atoms with Crippen LogP contribution in [0.2, 0.25) is 0 Å². The first-order valence-electron chi connectivity index (χ1n) is 6.39. The van der Waals surface area contributed by atoms with Crippen molar-refractivity contribution in [2.24, 2.45) is 0 Å². The predicted molar refractivity (Wildman–Crippen MR) is 73.2 cm³/mol. The minimum Gasteiger partial charge on any atom is -0.508 e. The van der Waals surface area contributed by atoms with Gasteiger partial charge in [0.1, 0.15) is 5.75 Å². The second kappa shape index (κ2) is 4.76. The summed E-state index contributed by atoms with van der Waals surface area (Å²) in [6.45, 7) is 0. The first-order valence-corrected chi connectivity index (χ1v) is 6.39. The Morgan fingerprint density at radius 1 is 1.11 bits per heavy atom. The van der Waals surface area contributed by atoms with Crippen LogP contribution in [0.4, 0.5) is 0 Å². The molecule has 0 spiro atoms. The molecule has 2 atom stereocenters. The fraction of sp³-hybridized carbons (Fsp3) is 0.188. The first-order chi connectivity index (χ1) is 9.24. The standard InChI is InChI=1S/C16H15NO2/c18-13-8-4-7-12(9-13)16(19)17-15-10-14(15)11-5-2-1-3-6-11/h1-9,14-15,18H,10H2,(H,17,19). The second-order valence-electron chi connectivity index (χ2n) is 4.88. The molecule has 19 heavy (non-hydrogen) atoms. The molecule has 0 bridgehead atoms. The van der Waals surface area contributed by atoms with Gasteiger partial charge in [0.2, 0.25) is 0 Å².